The molecule has 9 heteroatoms. The number of sulfonamides is 1. The van der Waals surface area contributed by atoms with Gasteiger partial charge >= 0.3 is 0 Å². The number of primary sulfonamides is 1. The lowest BCUT2D eigenvalue weighted by atomic mass is 10.2. The molecular weight excluding hydrogens is 392 g/mol. The molecule has 0 amide bonds. The van der Waals surface area contributed by atoms with E-state index in [1.54, 1.807) is 6.92 Å². The standard InChI is InChI=1S/C13H13BrN2O4S2/c1-8-2-5-12(22(16,19)20)13(6-8)21(17,18)9-3-4-10(14)11(15)7-9/h2-7H,15H2,1H3,(H2,16,19,20). The Morgan fingerprint density at radius 2 is 1.59 bits per heavy atom. The maximum Gasteiger partial charge on any atom is 0.239 e. The van der Waals surface area contributed by atoms with Gasteiger partial charge in [0.1, 0.15) is 4.90 Å². The van der Waals surface area contributed by atoms with Crippen LogP contribution in [0.1, 0.15) is 5.56 Å². The van der Waals surface area contributed by atoms with Crippen LogP contribution in [0.4, 0.5) is 5.69 Å². The molecule has 0 aliphatic heterocycles. The summed E-state index contributed by atoms with van der Waals surface area (Å²) < 4.78 is 49.3. The first-order valence-electron chi connectivity index (χ1n) is 5.97. The van der Waals surface area contributed by atoms with Crippen LogP contribution >= 0.6 is 15.9 Å². The Bertz CT molecular complexity index is 954. The topological polar surface area (TPSA) is 120 Å². The molecule has 6 nitrogen and oxygen atoms in total. The van der Waals surface area contributed by atoms with Crippen LogP contribution in [0, 0.1) is 6.92 Å². The third-order valence-electron chi connectivity index (χ3n) is 2.97. The molecule has 0 fully saturated rings. The Balaban J connectivity index is 2.79. The molecule has 0 bridgehead atoms. The van der Waals surface area contributed by atoms with E-state index in [0.29, 0.717) is 10.0 Å². The van der Waals surface area contributed by atoms with E-state index >= 15 is 0 Å². The second kappa shape index (κ2) is 5.65. The van der Waals surface area contributed by atoms with Gasteiger partial charge in [-0.25, -0.2) is 22.0 Å². The molecule has 4 N–H and O–H groups in total. The van der Waals surface area contributed by atoms with Crippen LogP contribution < -0.4 is 10.9 Å². The maximum atomic E-state index is 12.7. The van der Waals surface area contributed by atoms with Crippen molar-refractivity contribution in [2.45, 2.75) is 21.6 Å². The number of sulfone groups is 1. The number of rotatable bonds is 3. The smallest absolute Gasteiger partial charge is 0.239 e. The molecular formula is C13H13BrN2O4S2. The zero-order valence-electron chi connectivity index (χ0n) is 11.4. The summed E-state index contributed by atoms with van der Waals surface area (Å²) in [6.07, 6.45) is 0. The summed E-state index contributed by atoms with van der Waals surface area (Å²) in [4.78, 5) is -0.917. The lowest BCUT2D eigenvalue weighted by Crippen LogP contribution is -2.17. The quantitative estimate of drug-likeness (QED) is 0.755. The van der Waals surface area contributed by atoms with Crippen molar-refractivity contribution < 1.29 is 16.8 Å². The van der Waals surface area contributed by atoms with Crippen LogP contribution in [-0.4, -0.2) is 16.8 Å². The molecule has 0 aliphatic rings. The molecule has 2 aromatic rings. The van der Waals surface area contributed by atoms with E-state index in [9.17, 15) is 16.8 Å². The van der Waals surface area contributed by atoms with Gasteiger partial charge in [-0.2, -0.15) is 0 Å². The van der Waals surface area contributed by atoms with Crippen molar-refractivity contribution in [1.82, 2.24) is 0 Å². The van der Waals surface area contributed by atoms with Gasteiger partial charge in [-0.05, 0) is 58.7 Å². The normalized spacial score (nSPS) is 12.3. The second-order valence-corrected chi connectivity index (χ2v) is 8.98. The van der Waals surface area contributed by atoms with Gasteiger partial charge in [0, 0.05) is 10.2 Å². The molecule has 2 aromatic carbocycles. The second-order valence-electron chi connectivity index (χ2n) is 4.68. The summed E-state index contributed by atoms with van der Waals surface area (Å²) in [5, 5.41) is 5.11. The first-order chi connectivity index (χ1) is 10.0. The van der Waals surface area contributed by atoms with Crippen molar-refractivity contribution in [3.63, 3.8) is 0 Å². The average Bonchev–Trinajstić information content (AvgIpc) is 2.40. The number of nitrogens with two attached hydrogens (primary N) is 2. The van der Waals surface area contributed by atoms with Crippen molar-refractivity contribution >= 4 is 41.5 Å². The number of hydrogen-bond donors (Lipinski definition) is 2. The molecule has 2 rings (SSSR count). The number of aryl methyl sites for hydroxylation is 1. The lowest BCUT2D eigenvalue weighted by molar-refractivity contribution is 0.583. The summed E-state index contributed by atoms with van der Waals surface area (Å²) >= 11 is 3.17. The van der Waals surface area contributed by atoms with Gasteiger partial charge in [0.15, 0.2) is 0 Å². The van der Waals surface area contributed by atoms with Gasteiger partial charge in [-0.1, -0.05) is 6.07 Å². The highest BCUT2D eigenvalue weighted by atomic mass is 79.9. The van der Waals surface area contributed by atoms with Gasteiger partial charge < -0.3 is 5.73 Å². The molecule has 118 valence electrons. The van der Waals surface area contributed by atoms with E-state index in [0.717, 1.165) is 0 Å². The Kier molecular flexibility index (Phi) is 4.35. The SMILES string of the molecule is Cc1ccc(S(N)(=O)=O)c(S(=O)(=O)c2ccc(Br)c(N)c2)c1. The molecule has 0 saturated carbocycles. The number of hydrogen-bond acceptors (Lipinski definition) is 5. The Morgan fingerprint density at radius 1 is 0.955 bits per heavy atom. The van der Waals surface area contributed by atoms with E-state index in [2.05, 4.69) is 15.9 Å². The molecule has 0 radical (unpaired) electrons. The largest absolute Gasteiger partial charge is 0.398 e. The fourth-order valence-electron chi connectivity index (χ4n) is 1.88. The number of anilines is 1. The maximum absolute atomic E-state index is 12.7. The van der Waals surface area contributed by atoms with Crippen molar-refractivity contribution in [3.05, 3.63) is 46.4 Å². The zero-order valence-corrected chi connectivity index (χ0v) is 14.7. The summed E-state index contributed by atoms with van der Waals surface area (Å²) in [7, 11) is -8.25. The minimum atomic E-state index is -4.18. The molecule has 0 heterocycles. The molecule has 0 atom stereocenters. The van der Waals surface area contributed by atoms with E-state index in [4.69, 9.17) is 10.9 Å². The summed E-state index contributed by atoms with van der Waals surface area (Å²) in [5.41, 5.74) is 6.52. The predicted molar refractivity (Wildman–Crippen MR) is 86.6 cm³/mol. The highest BCUT2D eigenvalue weighted by Gasteiger charge is 2.26. The molecule has 22 heavy (non-hydrogen) atoms. The van der Waals surface area contributed by atoms with Crippen molar-refractivity contribution in [2.75, 3.05) is 5.73 Å². The molecule has 0 spiro atoms. The molecule has 0 aliphatic carbocycles. The minimum Gasteiger partial charge on any atom is -0.398 e. The van der Waals surface area contributed by atoms with E-state index in [1.165, 1.54) is 36.4 Å². The minimum absolute atomic E-state index is 0.108. The van der Waals surface area contributed by atoms with Crippen molar-refractivity contribution in [2.24, 2.45) is 5.14 Å². The van der Waals surface area contributed by atoms with Crippen molar-refractivity contribution in [3.8, 4) is 0 Å². The average molecular weight is 405 g/mol. The van der Waals surface area contributed by atoms with Crippen LogP contribution in [0.25, 0.3) is 0 Å². The van der Waals surface area contributed by atoms with Crippen molar-refractivity contribution in [1.29, 1.82) is 0 Å². The van der Waals surface area contributed by atoms with E-state index in [-0.39, 0.29) is 15.5 Å². The highest BCUT2D eigenvalue weighted by Crippen LogP contribution is 2.30. The fraction of sp³-hybridized carbons (Fsp3) is 0.0769. The van der Waals surface area contributed by atoms with Gasteiger partial charge in [-0.15, -0.1) is 0 Å². The van der Waals surface area contributed by atoms with Gasteiger partial charge in [0.2, 0.25) is 19.9 Å². The van der Waals surface area contributed by atoms with E-state index < -0.39 is 24.8 Å². The fourth-order valence-corrected chi connectivity index (χ4v) is 4.85. The number of benzene rings is 2. The Hall–Kier alpha value is -1.42. The lowest BCUT2D eigenvalue weighted by Gasteiger charge is -2.11. The first kappa shape index (κ1) is 16.9. The monoisotopic (exact) mass is 404 g/mol. The number of halogens is 1. The van der Waals surface area contributed by atoms with Gasteiger partial charge in [-0.3, -0.25) is 0 Å². The van der Waals surface area contributed by atoms with Crippen LogP contribution in [0.3, 0.4) is 0 Å². The first-order valence-corrected chi connectivity index (χ1v) is 9.79. The molecule has 0 unspecified atom stereocenters. The van der Waals surface area contributed by atoms with Crippen LogP contribution in [0.15, 0.2) is 55.6 Å². The Morgan fingerprint density at radius 3 is 2.14 bits per heavy atom. The predicted octanol–water partition coefficient (Wildman–Crippen LogP) is 1.82. The Labute approximate surface area is 137 Å². The highest BCUT2D eigenvalue weighted by molar-refractivity contribution is 9.10. The van der Waals surface area contributed by atoms with Crippen LogP contribution in [0.2, 0.25) is 0 Å². The zero-order chi connectivity index (χ0) is 16.7. The third-order valence-corrected chi connectivity index (χ3v) is 6.58. The summed E-state index contributed by atoms with van der Waals surface area (Å²) in [5.74, 6) is 0. The van der Waals surface area contributed by atoms with E-state index in [1.807, 2.05) is 0 Å². The summed E-state index contributed by atoms with van der Waals surface area (Å²) in [6, 6.07) is 8.01. The van der Waals surface area contributed by atoms with Crippen LogP contribution in [0.5, 0.6) is 0 Å². The van der Waals surface area contributed by atoms with Gasteiger partial charge in [0.25, 0.3) is 0 Å². The molecule has 0 saturated heterocycles. The summed E-state index contributed by atoms with van der Waals surface area (Å²) in [6.45, 7) is 1.65. The molecule has 0 aromatic heterocycles. The third kappa shape index (κ3) is 3.17. The van der Waals surface area contributed by atoms with Gasteiger partial charge in [0.05, 0.1) is 9.79 Å². The number of nitrogen functional groups attached to an aromatic ring is 1. The van der Waals surface area contributed by atoms with Crippen LogP contribution in [-0.2, 0) is 19.9 Å².